The van der Waals surface area contributed by atoms with E-state index in [1.165, 1.54) is 19.2 Å². The van der Waals surface area contributed by atoms with Crippen LogP contribution in [0.25, 0.3) is 0 Å². The molecule has 8 nitrogen and oxygen atoms in total. The third-order valence-corrected chi connectivity index (χ3v) is 4.97. The summed E-state index contributed by atoms with van der Waals surface area (Å²) in [5.41, 5.74) is 0.481. The van der Waals surface area contributed by atoms with E-state index in [0.717, 1.165) is 5.56 Å². The molecular weight excluding hydrogens is 372 g/mol. The van der Waals surface area contributed by atoms with Crippen molar-refractivity contribution < 1.29 is 27.2 Å². The van der Waals surface area contributed by atoms with E-state index >= 15 is 0 Å². The summed E-state index contributed by atoms with van der Waals surface area (Å²) in [7, 11) is -2.56. The molecule has 2 rings (SSSR count). The molecule has 146 valence electrons. The summed E-state index contributed by atoms with van der Waals surface area (Å²) < 4.78 is 36.7. The number of rotatable bonds is 6. The summed E-state index contributed by atoms with van der Waals surface area (Å²) in [5.74, 6) is -1.11. The lowest BCUT2D eigenvalue weighted by Gasteiger charge is -2.18. The molecular formula is C18H22N2O6S. The first-order valence-electron chi connectivity index (χ1n) is 8.11. The van der Waals surface area contributed by atoms with Crippen molar-refractivity contribution in [3.05, 3.63) is 53.3 Å². The second-order valence-electron chi connectivity index (χ2n) is 6.85. The third kappa shape index (κ3) is 5.66. The highest BCUT2D eigenvalue weighted by Gasteiger charge is 2.26. The Labute approximate surface area is 157 Å². The number of nitrogens with one attached hydrogen (secondary N) is 2. The molecule has 1 heterocycles. The van der Waals surface area contributed by atoms with Gasteiger partial charge in [-0.3, -0.25) is 4.79 Å². The molecule has 0 saturated carbocycles. The molecule has 1 amide bonds. The largest absolute Gasteiger partial charge is 0.465 e. The number of hydrogen-bond acceptors (Lipinski definition) is 6. The van der Waals surface area contributed by atoms with Crippen molar-refractivity contribution >= 4 is 21.9 Å². The molecule has 0 fully saturated rings. The van der Waals surface area contributed by atoms with Crippen molar-refractivity contribution in [2.45, 2.75) is 37.9 Å². The van der Waals surface area contributed by atoms with Crippen LogP contribution in [0.3, 0.4) is 0 Å². The van der Waals surface area contributed by atoms with Gasteiger partial charge >= 0.3 is 5.97 Å². The molecule has 27 heavy (non-hydrogen) atoms. The number of sulfonamides is 1. The average Bonchev–Trinajstić information content (AvgIpc) is 3.08. The number of ether oxygens (including phenoxy) is 1. The molecule has 0 atom stereocenters. The normalized spacial score (nSPS) is 11.9. The zero-order valence-electron chi connectivity index (χ0n) is 15.5. The van der Waals surface area contributed by atoms with Crippen molar-refractivity contribution in [2.75, 3.05) is 7.11 Å². The summed E-state index contributed by atoms with van der Waals surface area (Å²) in [6, 6.07) is 9.06. The fraction of sp³-hybridized carbons (Fsp3) is 0.333. The van der Waals surface area contributed by atoms with E-state index in [1.807, 2.05) is 0 Å². The lowest BCUT2D eigenvalue weighted by Crippen LogP contribution is -2.40. The van der Waals surface area contributed by atoms with Gasteiger partial charge in [-0.2, -0.15) is 0 Å². The Morgan fingerprint density at radius 1 is 1.07 bits per heavy atom. The number of hydrogen-bond donors (Lipinski definition) is 2. The van der Waals surface area contributed by atoms with Crippen molar-refractivity contribution in [3.8, 4) is 0 Å². The van der Waals surface area contributed by atoms with E-state index in [9.17, 15) is 18.0 Å². The molecule has 0 unspecified atom stereocenters. The van der Waals surface area contributed by atoms with Crippen LogP contribution in [0, 0.1) is 0 Å². The van der Waals surface area contributed by atoms with Gasteiger partial charge in [0.2, 0.25) is 5.09 Å². The van der Waals surface area contributed by atoms with Gasteiger partial charge < -0.3 is 14.5 Å². The summed E-state index contributed by atoms with van der Waals surface area (Å²) >= 11 is 0. The topological polar surface area (TPSA) is 115 Å². The number of methoxy groups -OCH3 is 1. The number of esters is 1. The molecule has 2 aromatic rings. The summed E-state index contributed by atoms with van der Waals surface area (Å²) in [6.45, 7) is 5.29. The van der Waals surface area contributed by atoms with Crippen LogP contribution in [0.4, 0.5) is 0 Å². The highest BCUT2D eigenvalue weighted by molar-refractivity contribution is 7.89. The standard InChI is InChI=1S/C18H22N2O6S/c1-18(2,3)20-27(23,24)15-10-9-14(26-15)16(21)19-11-12-5-7-13(8-6-12)17(22)25-4/h5-10,20H,11H2,1-4H3,(H,19,21). The van der Waals surface area contributed by atoms with E-state index in [0.29, 0.717) is 5.56 Å². The summed E-state index contributed by atoms with van der Waals surface area (Å²) in [4.78, 5) is 23.6. The molecule has 1 aromatic heterocycles. The number of amides is 1. The number of carbonyl (C=O) groups excluding carboxylic acids is 2. The second-order valence-corrected chi connectivity index (χ2v) is 8.46. The van der Waals surface area contributed by atoms with Gasteiger partial charge in [-0.25, -0.2) is 17.9 Å². The maximum atomic E-state index is 12.2. The number of benzene rings is 1. The number of furan rings is 1. The van der Waals surface area contributed by atoms with Gasteiger partial charge in [0.05, 0.1) is 12.7 Å². The van der Waals surface area contributed by atoms with E-state index < -0.39 is 27.4 Å². The molecule has 0 saturated heterocycles. The smallest absolute Gasteiger partial charge is 0.337 e. The predicted molar refractivity (Wildman–Crippen MR) is 97.7 cm³/mol. The van der Waals surface area contributed by atoms with Crippen LogP contribution in [0.1, 0.15) is 47.2 Å². The predicted octanol–water partition coefficient (Wildman–Crippen LogP) is 2.07. The Bertz CT molecular complexity index is 924. The lowest BCUT2D eigenvalue weighted by molar-refractivity contribution is 0.0600. The maximum Gasteiger partial charge on any atom is 0.337 e. The monoisotopic (exact) mass is 394 g/mol. The fourth-order valence-corrected chi connectivity index (χ4v) is 3.54. The highest BCUT2D eigenvalue weighted by atomic mass is 32.2. The van der Waals surface area contributed by atoms with Crippen LogP contribution in [0.2, 0.25) is 0 Å². The molecule has 0 aliphatic carbocycles. The minimum atomic E-state index is -3.85. The Balaban J connectivity index is 2.01. The van der Waals surface area contributed by atoms with E-state index in [4.69, 9.17) is 4.42 Å². The second kappa shape index (κ2) is 7.93. The zero-order valence-corrected chi connectivity index (χ0v) is 16.3. The first-order valence-corrected chi connectivity index (χ1v) is 9.59. The molecule has 1 aromatic carbocycles. The van der Waals surface area contributed by atoms with Gasteiger partial charge in [0.25, 0.3) is 15.9 Å². The lowest BCUT2D eigenvalue weighted by atomic mass is 10.1. The van der Waals surface area contributed by atoms with E-state index in [2.05, 4.69) is 14.8 Å². The van der Waals surface area contributed by atoms with Crippen molar-refractivity contribution in [1.29, 1.82) is 0 Å². The average molecular weight is 394 g/mol. The minimum absolute atomic E-state index is 0.115. The highest BCUT2D eigenvalue weighted by Crippen LogP contribution is 2.16. The fourth-order valence-electron chi connectivity index (χ4n) is 2.19. The van der Waals surface area contributed by atoms with Gasteiger partial charge in [0, 0.05) is 12.1 Å². The molecule has 0 bridgehead atoms. The molecule has 0 aliphatic heterocycles. The Kier molecular flexibility index (Phi) is 6.07. The Morgan fingerprint density at radius 3 is 2.26 bits per heavy atom. The van der Waals surface area contributed by atoms with E-state index in [-0.39, 0.29) is 17.4 Å². The van der Waals surface area contributed by atoms with Crippen LogP contribution in [-0.4, -0.2) is 32.9 Å². The first-order chi connectivity index (χ1) is 12.5. The van der Waals surface area contributed by atoms with Crippen LogP contribution in [0.5, 0.6) is 0 Å². The zero-order chi connectivity index (χ0) is 20.2. The van der Waals surface area contributed by atoms with Crippen LogP contribution < -0.4 is 10.0 Å². The summed E-state index contributed by atoms with van der Waals surface area (Å²) in [6.07, 6.45) is 0. The first kappa shape index (κ1) is 20.7. The molecule has 2 N–H and O–H groups in total. The number of carbonyl (C=O) groups is 2. The Morgan fingerprint density at radius 2 is 1.70 bits per heavy atom. The third-order valence-electron chi connectivity index (χ3n) is 3.34. The SMILES string of the molecule is COC(=O)c1ccc(CNC(=O)c2ccc(S(=O)(=O)NC(C)(C)C)o2)cc1. The van der Waals surface area contributed by atoms with Crippen LogP contribution in [0.15, 0.2) is 45.9 Å². The Hall–Kier alpha value is -2.65. The van der Waals surface area contributed by atoms with E-state index in [1.54, 1.807) is 45.0 Å². The molecule has 0 aliphatic rings. The minimum Gasteiger partial charge on any atom is -0.465 e. The molecule has 0 radical (unpaired) electrons. The van der Waals surface area contributed by atoms with Gasteiger partial charge in [0.15, 0.2) is 5.76 Å². The van der Waals surface area contributed by atoms with Crippen LogP contribution in [-0.2, 0) is 21.3 Å². The van der Waals surface area contributed by atoms with Crippen molar-refractivity contribution in [3.63, 3.8) is 0 Å². The van der Waals surface area contributed by atoms with Crippen molar-refractivity contribution in [1.82, 2.24) is 10.0 Å². The van der Waals surface area contributed by atoms with Gasteiger partial charge in [-0.1, -0.05) is 12.1 Å². The quantitative estimate of drug-likeness (QED) is 0.725. The van der Waals surface area contributed by atoms with Crippen molar-refractivity contribution in [2.24, 2.45) is 0 Å². The van der Waals surface area contributed by atoms with Gasteiger partial charge in [-0.15, -0.1) is 0 Å². The summed E-state index contributed by atoms with van der Waals surface area (Å²) in [5, 5.41) is 2.30. The van der Waals surface area contributed by atoms with Gasteiger partial charge in [0.1, 0.15) is 0 Å². The maximum absolute atomic E-state index is 12.2. The van der Waals surface area contributed by atoms with Gasteiger partial charge in [-0.05, 0) is 50.6 Å². The molecule has 9 heteroatoms. The van der Waals surface area contributed by atoms with Crippen LogP contribution >= 0.6 is 0 Å². The molecule has 0 spiro atoms.